The van der Waals surface area contributed by atoms with Gasteiger partial charge in [0.15, 0.2) is 0 Å². The molecule has 0 atom stereocenters. The van der Waals surface area contributed by atoms with Crippen molar-refractivity contribution in [2.45, 2.75) is 0 Å². The highest BCUT2D eigenvalue weighted by atomic mass is 16.5. The average molecular weight is 135 g/mol. The third-order valence-corrected chi connectivity index (χ3v) is 1.30. The van der Waals surface area contributed by atoms with Gasteiger partial charge in [-0.25, -0.2) is 4.40 Å². The highest BCUT2D eigenvalue weighted by Gasteiger charge is 1.92. The predicted molar refractivity (Wildman–Crippen MR) is 33.3 cm³/mol. The molecule has 0 spiro atoms. The molecule has 50 valence electrons. The lowest BCUT2D eigenvalue weighted by Crippen LogP contribution is -2.08. The first kappa shape index (κ1) is 5.22. The summed E-state index contributed by atoms with van der Waals surface area (Å²) < 4.78 is 6.35. The number of nitrogens with zero attached hydrogens (tertiary/aromatic N) is 2. The maximum atomic E-state index is 7.34. The van der Waals surface area contributed by atoms with E-state index >= 15 is 0 Å². The van der Waals surface area contributed by atoms with Gasteiger partial charge in [0.2, 0.25) is 5.71 Å². The lowest BCUT2D eigenvalue weighted by Gasteiger charge is -1.85. The Labute approximate surface area is 56.2 Å². The Morgan fingerprint density at radius 1 is 1.50 bits per heavy atom. The van der Waals surface area contributed by atoms with E-state index in [9.17, 15) is 0 Å². The van der Waals surface area contributed by atoms with Crippen LogP contribution < -0.4 is 5.49 Å². The molecule has 0 saturated carbocycles. The van der Waals surface area contributed by atoms with Crippen LogP contribution in [0.4, 0.5) is 0 Å². The summed E-state index contributed by atoms with van der Waals surface area (Å²) in [7, 11) is 0. The zero-order chi connectivity index (χ0) is 6.97. The summed E-state index contributed by atoms with van der Waals surface area (Å²) in [6.45, 7) is 0. The van der Waals surface area contributed by atoms with Crippen LogP contribution in [-0.2, 0) is 0 Å². The van der Waals surface area contributed by atoms with Gasteiger partial charge >= 0.3 is 0 Å². The minimum absolute atomic E-state index is 0.374. The van der Waals surface area contributed by atoms with Gasteiger partial charge in [-0.05, 0) is 6.07 Å². The smallest absolute Gasteiger partial charge is 0.236 e. The molecule has 0 amide bonds. The SMILES string of the molecule is N=c1cccc2oncn12. The van der Waals surface area contributed by atoms with Crippen LogP contribution in [0.5, 0.6) is 0 Å². The molecule has 0 fully saturated rings. The maximum absolute atomic E-state index is 7.34. The molecule has 2 heterocycles. The van der Waals surface area contributed by atoms with Crippen molar-refractivity contribution in [1.29, 1.82) is 5.41 Å². The molecule has 4 nitrogen and oxygen atoms in total. The van der Waals surface area contributed by atoms with E-state index in [0.29, 0.717) is 11.2 Å². The third-order valence-electron chi connectivity index (χ3n) is 1.30. The van der Waals surface area contributed by atoms with Gasteiger partial charge in [0.05, 0.1) is 0 Å². The fourth-order valence-electron chi connectivity index (χ4n) is 0.819. The fourth-order valence-corrected chi connectivity index (χ4v) is 0.819. The molecule has 0 aliphatic rings. The van der Waals surface area contributed by atoms with Gasteiger partial charge < -0.3 is 4.52 Å². The van der Waals surface area contributed by atoms with Crippen molar-refractivity contribution in [3.63, 3.8) is 0 Å². The Bertz CT molecular complexity index is 400. The molecule has 0 aliphatic heterocycles. The Kier molecular flexibility index (Phi) is 0.887. The molecule has 1 N–H and O–H groups in total. The molecule has 0 aliphatic carbocycles. The summed E-state index contributed by atoms with van der Waals surface area (Å²) in [6.07, 6.45) is 1.47. The molecule has 4 heteroatoms. The highest BCUT2D eigenvalue weighted by molar-refractivity contribution is 5.30. The second kappa shape index (κ2) is 1.70. The van der Waals surface area contributed by atoms with Crippen LogP contribution in [0, 0.1) is 5.41 Å². The summed E-state index contributed by atoms with van der Waals surface area (Å²) in [5.74, 6) is 0. The maximum Gasteiger partial charge on any atom is 0.236 e. The predicted octanol–water partition coefficient (Wildman–Crippen LogP) is 0.407. The molecular weight excluding hydrogens is 130 g/mol. The van der Waals surface area contributed by atoms with Crippen LogP contribution >= 0.6 is 0 Å². The summed E-state index contributed by atoms with van der Waals surface area (Å²) in [4.78, 5) is 0. The second-order valence-electron chi connectivity index (χ2n) is 1.93. The molecule has 2 aromatic heterocycles. The molecule has 10 heavy (non-hydrogen) atoms. The van der Waals surface area contributed by atoms with Gasteiger partial charge in [-0.2, -0.15) is 0 Å². The largest absolute Gasteiger partial charge is 0.336 e. The van der Waals surface area contributed by atoms with Crippen LogP contribution in [0.15, 0.2) is 29.0 Å². The zero-order valence-electron chi connectivity index (χ0n) is 5.11. The van der Waals surface area contributed by atoms with Crippen molar-refractivity contribution in [1.82, 2.24) is 9.56 Å². The molecular formula is C6H5N3O. The number of hydrogen-bond acceptors (Lipinski definition) is 3. The summed E-state index contributed by atoms with van der Waals surface area (Å²) in [5, 5.41) is 10.9. The number of pyridine rings is 1. The molecule has 0 radical (unpaired) electrons. The molecule has 2 rings (SSSR count). The van der Waals surface area contributed by atoms with Crippen molar-refractivity contribution in [2.24, 2.45) is 0 Å². The molecule has 0 bridgehead atoms. The van der Waals surface area contributed by atoms with Gasteiger partial charge in [-0.15, -0.1) is 0 Å². The fraction of sp³-hybridized carbons (Fsp3) is 0. The van der Waals surface area contributed by atoms with Crippen molar-refractivity contribution >= 4 is 5.71 Å². The van der Waals surface area contributed by atoms with Crippen molar-refractivity contribution < 1.29 is 4.52 Å². The summed E-state index contributed by atoms with van der Waals surface area (Å²) in [6, 6.07) is 5.18. The van der Waals surface area contributed by atoms with Crippen LogP contribution in [0.2, 0.25) is 0 Å². The minimum Gasteiger partial charge on any atom is -0.336 e. The van der Waals surface area contributed by atoms with E-state index in [-0.39, 0.29) is 0 Å². The Morgan fingerprint density at radius 2 is 2.40 bits per heavy atom. The van der Waals surface area contributed by atoms with E-state index in [1.807, 2.05) is 0 Å². The van der Waals surface area contributed by atoms with E-state index in [4.69, 9.17) is 9.93 Å². The molecule has 0 aromatic carbocycles. The van der Waals surface area contributed by atoms with E-state index in [2.05, 4.69) is 5.16 Å². The number of rotatable bonds is 0. The van der Waals surface area contributed by atoms with E-state index in [1.54, 1.807) is 22.6 Å². The van der Waals surface area contributed by atoms with Crippen molar-refractivity contribution in [3.05, 3.63) is 30.0 Å². The minimum atomic E-state index is 0.374. The number of hydrogen-bond donors (Lipinski definition) is 1. The first-order chi connectivity index (χ1) is 4.88. The average Bonchev–Trinajstić information content (AvgIpc) is 2.36. The van der Waals surface area contributed by atoms with Gasteiger partial charge in [0.1, 0.15) is 11.8 Å². The Balaban J connectivity index is 3.09. The first-order valence-corrected chi connectivity index (χ1v) is 2.84. The van der Waals surface area contributed by atoms with Crippen LogP contribution in [0.3, 0.4) is 0 Å². The number of nitrogens with one attached hydrogen (secondary N) is 1. The number of aromatic nitrogens is 2. The van der Waals surface area contributed by atoms with Gasteiger partial charge in [-0.1, -0.05) is 11.2 Å². The van der Waals surface area contributed by atoms with Crippen LogP contribution in [-0.4, -0.2) is 9.56 Å². The third kappa shape index (κ3) is 0.556. The standard InChI is InChI=1S/C6H5N3O/c7-5-2-1-3-6-9(5)4-8-10-6/h1-4,7H. The number of fused-ring (bicyclic) bond motifs is 1. The quantitative estimate of drug-likeness (QED) is 0.568. The normalized spacial score (nSPS) is 10.4. The first-order valence-electron chi connectivity index (χ1n) is 2.84. The topological polar surface area (TPSA) is 54.3 Å². The van der Waals surface area contributed by atoms with E-state index in [0.717, 1.165) is 0 Å². The molecule has 2 aromatic rings. The Morgan fingerprint density at radius 3 is 3.20 bits per heavy atom. The summed E-state index contributed by atoms with van der Waals surface area (Å²) >= 11 is 0. The molecule has 0 unspecified atom stereocenters. The lowest BCUT2D eigenvalue weighted by atomic mass is 10.5. The monoisotopic (exact) mass is 135 g/mol. The van der Waals surface area contributed by atoms with Gasteiger partial charge in [0.25, 0.3) is 0 Å². The van der Waals surface area contributed by atoms with E-state index < -0.39 is 0 Å². The van der Waals surface area contributed by atoms with Gasteiger partial charge in [0, 0.05) is 6.07 Å². The van der Waals surface area contributed by atoms with Crippen LogP contribution in [0.1, 0.15) is 0 Å². The lowest BCUT2D eigenvalue weighted by molar-refractivity contribution is 0.454. The Hall–Kier alpha value is -1.58. The van der Waals surface area contributed by atoms with Crippen molar-refractivity contribution in [2.75, 3.05) is 0 Å². The zero-order valence-corrected chi connectivity index (χ0v) is 5.11. The van der Waals surface area contributed by atoms with Gasteiger partial charge in [-0.3, -0.25) is 5.41 Å². The second-order valence-corrected chi connectivity index (χ2v) is 1.93. The van der Waals surface area contributed by atoms with E-state index in [1.165, 1.54) is 6.33 Å². The molecule has 0 saturated heterocycles. The van der Waals surface area contributed by atoms with Crippen LogP contribution in [0.25, 0.3) is 5.71 Å². The summed E-state index contributed by atoms with van der Waals surface area (Å²) in [5.41, 5.74) is 0.964. The van der Waals surface area contributed by atoms with Crippen molar-refractivity contribution in [3.8, 4) is 0 Å². The highest BCUT2D eigenvalue weighted by Crippen LogP contribution is 1.94.